The summed E-state index contributed by atoms with van der Waals surface area (Å²) in [5.74, 6) is -1.20. The molecule has 0 saturated heterocycles. The van der Waals surface area contributed by atoms with Crippen molar-refractivity contribution in [1.82, 2.24) is 4.98 Å². The second kappa shape index (κ2) is 3.47. The van der Waals surface area contributed by atoms with Crippen LogP contribution in [0.1, 0.15) is 12.1 Å². The number of carboxylic acids is 1. The van der Waals surface area contributed by atoms with Gasteiger partial charge in [-0.2, -0.15) is 0 Å². The van der Waals surface area contributed by atoms with E-state index in [2.05, 4.69) is 4.98 Å². The Morgan fingerprint density at radius 3 is 2.87 bits per heavy atom. The van der Waals surface area contributed by atoms with E-state index in [1.54, 1.807) is 18.2 Å². The number of hydrogen-bond acceptors (Lipinski definition) is 3. The van der Waals surface area contributed by atoms with Gasteiger partial charge in [0.1, 0.15) is 10.6 Å². The number of rotatable bonds is 3. The van der Waals surface area contributed by atoms with E-state index in [-0.39, 0.29) is 17.7 Å². The van der Waals surface area contributed by atoms with Gasteiger partial charge in [-0.3, -0.25) is 4.79 Å². The number of aliphatic hydroxyl groups excluding tert-OH is 1. The van der Waals surface area contributed by atoms with E-state index in [1.165, 1.54) is 0 Å². The molecule has 0 aromatic carbocycles. The van der Waals surface area contributed by atoms with Crippen LogP contribution in [0.3, 0.4) is 0 Å². The standard InChI is InChI=1S/C10H10ClNO3/c11-8-3-1-2-7(12-8)10(9(14)15)4-6(10)5-13/h1-3,6,13H,4-5H2,(H,14,15)/t6-,10-/m1/s1. The van der Waals surface area contributed by atoms with Crippen molar-refractivity contribution >= 4 is 17.6 Å². The van der Waals surface area contributed by atoms with Gasteiger partial charge >= 0.3 is 5.97 Å². The summed E-state index contributed by atoms with van der Waals surface area (Å²) in [5, 5.41) is 18.4. The first-order valence-corrected chi connectivity index (χ1v) is 4.96. The second-order valence-electron chi connectivity index (χ2n) is 3.71. The van der Waals surface area contributed by atoms with Gasteiger partial charge in [0.05, 0.1) is 5.69 Å². The van der Waals surface area contributed by atoms with E-state index in [0.717, 1.165) is 0 Å². The topological polar surface area (TPSA) is 70.4 Å². The summed E-state index contributed by atoms with van der Waals surface area (Å²) in [7, 11) is 0. The molecule has 2 atom stereocenters. The summed E-state index contributed by atoms with van der Waals surface area (Å²) < 4.78 is 0. The van der Waals surface area contributed by atoms with Crippen molar-refractivity contribution in [3.05, 3.63) is 29.0 Å². The fraction of sp³-hybridized carbons (Fsp3) is 0.400. The molecule has 15 heavy (non-hydrogen) atoms. The molecular formula is C10H10ClNO3. The summed E-state index contributed by atoms with van der Waals surface area (Å²) in [6, 6.07) is 4.90. The van der Waals surface area contributed by atoms with Crippen LogP contribution in [0.5, 0.6) is 0 Å². The first-order valence-electron chi connectivity index (χ1n) is 4.58. The van der Waals surface area contributed by atoms with Gasteiger partial charge in [0.15, 0.2) is 0 Å². The predicted octanol–water partition coefficient (Wildman–Crippen LogP) is 1.07. The van der Waals surface area contributed by atoms with E-state index in [4.69, 9.17) is 21.8 Å². The Hall–Kier alpha value is -1.13. The molecule has 0 radical (unpaired) electrons. The Balaban J connectivity index is 2.40. The lowest BCUT2D eigenvalue weighted by Crippen LogP contribution is -2.24. The number of hydrogen-bond donors (Lipinski definition) is 2. The number of nitrogens with zero attached hydrogens (tertiary/aromatic N) is 1. The molecule has 0 bridgehead atoms. The Labute approximate surface area is 91.5 Å². The lowest BCUT2D eigenvalue weighted by molar-refractivity contribution is -0.140. The lowest BCUT2D eigenvalue weighted by Gasteiger charge is -2.10. The molecule has 1 aromatic heterocycles. The molecule has 2 rings (SSSR count). The monoisotopic (exact) mass is 227 g/mol. The highest BCUT2D eigenvalue weighted by molar-refractivity contribution is 6.29. The third-order valence-electron chi connectivity index (χ3n) is 2.88. The minimum Gasteiger partial charge on any atom is -0.481 e. The minimum atomic E-state index is -1.03. The molecule has 2 N–H and O–H groups in total. The van der Waals surface area contributed by atoms with Crippen LogP contribution in [0.4, 0.5) is 0 Å². The number of aromatic nitrogens is 1. The Morgan fingerprint density at radius 1 is 1.67 bits per heavy atom. The maximum absolute atomic E-state index is 11.2. The van der Waals surface area contributed by atoms with E-state index >= 15 is 0 Å². The number of halogens is 1. The molecule has 1 aliphatic carbocycles. The normalized spacial score (nSPS) is 28.8. The highest BCUT2D eigenvalue weighted by Gasteiger charge is 2.62. The molecule has 80 valence electrons. The average Bonchev–Trinajstić information content (AvgIpc) is 2.93. The molecule has 0 unspecified atom stereocenters. The second-order valence-corrected chi connectivity index (χ2v) is 4.09. The Morgan fingerprint density at radius 2 is 2.40 bits per heavy atom. The fourth-order valence-electron chi connectivity index (χ4n) is 1.89. The Kier molecular flexibility index (Phi) is 2.40. The summed E-state index contributed by atoms with van der Waals surface area (Å²) in [4.78, 5) is 15.2. The zero-order chi connectivity index (χ0) is 11.1. The molecule has 1 aliphatic rings. The third-order valence-corrected chi connectivity index (χ3v) is 3.09. The number of pyridine rings is 1. The van der Waals surface area contributed by atoms with Crippen LogP contribution in [-0.2, 0) is 10.2 Å². The predicted molar refractivity (Wildman–Crippen MR) is 53.8 cm³/mol. The molecule has 1 heterocycles. The van der Waals surface area contributed by atoms with Gasteiger partial charge < -0.3 is 10.2 Å². The van der Waals surface area contributed by atoms with Crippen molar-refractivity contribution in [2.75, 3.05) is 6.61 Å². The summed E-state index contributed by atoms with van der Waals surface area (Å²) in [6.07, 6.45) is 0.423. The van der Waals surface area contributed by atoms with Crippen LogP contribution < -0.4 is 0 Å². The third kappa shape index (κ3) is 1.50. The van der Waals surface area contributed by atoms with Crippen molar-refractivity contribution in [2.24, 2.45) is 5.92 Å². The Bertz CT molecular complexity index is 409. The average molecular weight is 228 g/mol. The smallest absolute Gasteiger partial charge is 0.316 e. The van der Waals surface area contributed by atoms with Crippen LogP contribution >= 0.6 is 11.6 Å². The number of aliphatic hydroxyl groups is 1. The fourth-order valence-corrected chi connectivity index (χ4v) is 2.06. The van der Waals surface area contributed by atoms with Gasteiger partial charge in [-0.05, 0) is 18.6 Å². The first-order chi connectivity index (χ1) is 7.11. The molecule has 4 nitrogen and oxygen atoms in total. The van der Waals surface area contributed by atoms with Crippen molar-refractivity contribution in [3.8, 4) is 0 Å². The molecule has 1 saturated carbocycles. The molecule has 0 aliphatic heterocycles. The van der Waals surface area contributed by atoms with Gasteiger partial charge in [0.25, 0.3) is 0 Å². The van der Waals surface area contributed by atoms with E-state index in [1.807, 2.05) is 0 Å². The largest absolute Gasteiger partial charge is 0.481 e. The van der Waals surface area contributed by atoms with Crippen LogP contribution in [-0.4, -0.2) is 27.8 Å². The van der Waals surface area contributed by atoms with Crippen molar-refractivity contribution < 1.29 is 15.0 Å². The van der Waals surface area contributed by atoms with Gasteiger partial charge in [-0.25, -0.2) is 4.98 Å². The van der Waals surface area contributed by atoms with Crippen LogP contribution in [0, 0.1) is 5.92 Å². The highest BCUT2D eigenvalue weighted by Crippen LogP contribution is 2.53. The van der Waals surface area contributed by atoms with Crippen LogP contribution in [0.2, 0.25) is 5.15 Å². The number of aliphatic carboxylic acids is 1. The van der Waals surface area contributed by atoms with Gasteiger partial charge in [0, 0.05) is 12.5 Å². The SMILES string of the molecule is O=C(O)[C@]1(c2cccc(Cl)n2)C[C@@H]1CO. The van der Waals surface area contributed by atoms with Gasteiger partial charge in [0.2, 0.25) is 0 Å². The number of carboxylic acid groups (broad SMARTS) is 1. The molecular weight excluding hydrogens is 218 g/mol. The van der Waals surface area contributed by atoms with Crippen LogP contribution in [0.15, 0.2) is 18.2 Å². The summed E-state index contributed by atoms with van der Waals surface area (Å²) in [6.45, 7) is -0.138. The highest BCUT2D eigenvalue weighted by atomic mass is 35.5. The number of carbonyl (C=O) groups is 1. The van der Waals surface area contributed by atoms with E-state index < -0.39 is 11.4 Å². The molecule has 1 aromatic rings. The van der Waals surface area contributed by atoms with Gasteiger partial charge in [-0.15, -0.1) is 0 Å². The molecule has 0 amide bonds. The van der Waals surface area contributed by atoms with Crippen molar-refractivity contribution in [2.45, 2.75) is 11.8 Å². The summed E-state index contributed by atoms with van der Waals surface area (Å²) in [5.41, 5.74) is -0.596. The zero-order valence-corrected chi connectivity index (χ0v) is 8.61. The zero-order valence-electron chi connectivity index (χ0n) is 7.85. The maximum atomic E-state index is 11.2. The summed E-state index contributed by atoms with van der Waals surface area (Å²) >= 11 is 5.71. The first kappa shape index (κ1) is 10.4. The maximum Gasteiger partial charge on any atom is 0.316 e. The minimum absolute atomic E-state index is 0.138. The lowest BCUT2D eigenvalue weighted by atomic mass is 9.99. The van der Waals surface area contributed by atoms with E-state index in [9.17, 15) is 4.79 Å². The van der Waals surface area contributed by atoms with Crippen LogP contribution in [0.25, 0.3) is 0 Å². The quantitative estimate of drug-likeness (QED) is 0.758. The van der Waals surface area contributed by atoms with Crippen molar-refractivity contribution in [1.29, 1.82) is 0 Å². The molecule has 0 spiro atoms. The molecule has 5 heteroatoms. The van der Waals surface area contributed by atoms with Crippen molar-refractivity contribution in [3.63, 3.8) is 0 Å². The van der Waals surface area contributed by atoms with Gasteiger partial charge in [-0.1, -0.05) is 17.7 Å². The molecule has 1 fully saturated rings. The van der Waals surface area contributed by atoms with E-state index in [0.29, 0.717) is 12.1 Å².